The van der Waals surface area contributed by atoms with Crippen molar-refractivity contribution in [2.75, 3.05) is 5.43 Å². The number of carbonyl (C=O) groups excluding carboxylic acids is 1. The molecule has 18 heavy (non-hydrogen) atoms. The zero-order valence-corrected chi connectivity index (χ0v) is 10.5. The number of rotatable bonds is 4. The number of aryl methyl sites for hydroxylation is 1. The van der Waals surface area contributed by atoms with E-state index >= 15 is 0 Å². The molecule has 0 fully saturated rings. The number of nitrogens with one attached hydrogen (secondary N) is 2. The monoisotopic (exact) mass is 264 g/mol. The Bertz CT molecular complexity index is 555. The first-order chi connectivity index (χ1) is 8.69. The molecule has 0 aromatic carbocycles. The number of carbonyl (C=O) groups is 1. The zero-order chi connectivity index (χ0) is 13.0. The number of anilines is 1. The second-order valence-electron chi connectivity index (χ2n) is 3.48. The highest BCUT2D eigenvalue weighted by Gasteiger charge is 2.09. The third-order valence-electron chi connectivity index (χ3n) is 2.08. The number of hydrogen-bond donors (Lipinski definition) is 3. The van der Waals surface area contributed by atoms with Gasteiger partial charge in [0.05, 0.1) is 18.9 Å². The normalized spacial score (nSPS) is 10.1. The lowest BCUT2D eigenvalue weighted by molar-refractivity contribution is 0.0945. The molecule has 2 aromatic heterocycles. The summed E-state index contributed by atoms with van der Waals surface area (Å²) in [4.78, 5) is 24.9. The maximum atomic E-state index is 11.8. The molecule has 0 bridgehead atoms. The van der Waals surface area contributed by atoms with Crippen LogP contribution < -0.4 is 16.6 Å². The van der Waals surface area contributed by atoms with Crippen molar-refractivity contribution in [1.82, 2.24) is 20.3 Å². The molecule has 4 N–H and O–H groups in total. The van der Waals surface area contributed by atoms with Crippen molar-refractivity contribution < 1.29 is 4.79 Å². The topological polar surface area (TPSA) is 106 Å². The summed E-state index contributed by atoms with van der Waals surface area (Å²) in [6, 6.07) is 0. The Kier molecular flexibility index (Phi) is 3.80. The van der Waals surface area contributed by atoms with E-state index < -0.39 is 0 Å². The number of hydrogen-bond acceptors (Lipinski definition) is 7. The van der Waals surface area contributed by atoms with E-state index in [0.717, 1.165) is 9.88 Å². The van der Waals surface area contributed by atoms with Crippen LogP contribution in [0.5, 0.6) is 0 Å². The maximum Gasteiger partial charge on any atom is 0.271 e. The molecule has 0 atom stereocenters. The highest BCUT2D eigenvalue weighted by Crippen LogP contribution is 2.10. The third-order valence-corrected chi connectivity index (χ3v) is 3.00. The van der Waals surface area contributed by atoms with Crippen LogP contribution in [0.25, 0.3) is 0 Å². The van der Waals surface area contributed by atoms with Crippen molar-refractivity contribution >= 4 is 23.1 Å². The van der Waals surface area contributed by atoms with Gasteiger partial charge in [-0.1, -0.05) is 0 Å². The number of aromatic nitrogens is 3. The molecule has 2 rings (SSSR count). The minimum atomic E-state index is -0.313. The second kappa shape index (κ2) is 5.52. The molecule has 0 radical (unpaired) electrons. The van der Waals surface area contributed by atoms with Crippen molar-refractivity contribution in [2.45, 2.75) is 13.5 Å². The maximum absolute atomic E-state index is 11.8. The van der Waals surface area contributed by atoms with E-state index in [9.17, 15) is 4.79 Å². The van der Waals surface area contributed by atoms with Crippen LogP contribution in [0.4, 0.5) is 5.82 Å². The first-order valence-electron chi connectivity index (χ1n) is 5.17. The van der Waals surface area contributed by atoms with Crippen molar-refractivity contribution in [2.24, 2.45) is 5.84 Å². The Morgan fingerprint density at radius 1 is 1.44 bits per heavy atom. The summed E-state index contributed by atoms with van der Waals surface area (Å²) in [5, 5.41) is 3.57. The lowest BCUT2D eigenvalue weighted by atomic mass is 10.4. The molecule has 0 aliphatic carbocycles. The number of amides is 1. The van der Waals surface area contributed by atoms with Gasteiger partial charge >= 0.3 is 0 Å². The molecule has 0 saturated carbocycles. The summed E-state index contributed by atoms with van der Waals surface area (Å²) in [6.45, 7) is 2.34. The molecule has 2 heterocycles. The van der Waals surface area contributed by atoms with E-state index in [1.165, 1.54) is 23.7 Å². The average Bonchev–Trinajstić information content (AvgIpc) is 2.82. The first-order valence-corrected chi connectivity index (χ1v) is 5.99. The number of hydrazine groups is 1. The van der Waals surface area contributed by atoms with Gasteiger partial charge in [0, 0.05) is 11.1 Å². The van der Waals surface area contributed by atoms with Gasteiger partial charge in [-0.25, -0.2) is 15.8 Å². The van der Waals surface area contributed by atoms with Crippen LogP contribution in [0.1, 0.15) is 20.4 Å². The van der Waals surface area contributed by atoms with Crippen LogP contribution in [0.15, 0.2) is 18.6 Å². The lowest BCUT2D eigenvalue weighted by Crippen LogP contribution is -2.24. The summed E-state index contributed by atoms with van der Waals surface area (Å²) in [5.74, 6) is 5.22. The average molecular weight is 264 g/mol. The Hall–Kier alpha value is -2.06. The molecule has 0 spiro atoms. The van der Waals surface area contributed by atoms with Crippen molar-refractivity contribution in [3.63, 3.8) is 0 Å². The van der Waals surface area contributed by atoms with Gasteiger partial charge in [-0.3, -0.25) is 9.78 Å². The largest absolute Gasteiger partial charge is 0.344 e. The van der Waals surface area contributed by atoms with Crippen LogP contribution in [0, 0.1) is 6.92 Å². The molecule has 2 aromatic rings. The minimum Gasteiger partial charge on any atom is -0.344 e. The van der Waals surface area contributed by atoms with E-state index in [-0.39, 0.29) is 11.6 Å². The van der Waals surface area contributed by atoms with Gasteiger partial charge < -0.3 is 10.7 Å². The van der Waals surface area contributed by atoms with Crippen molar-refractivity contribution in [3.8, 4) is 0 Å². The zero-order valence-electron chi connectivity index (χ0n) is 9.67. The lowest BCUT2D eigenvalue weighted by Gasteiger charge is -2.03. The molecule has 0 aliphatic rings. The number of nitrogen functional groups attached to an aromatic ring is 1. The number of nitrogens with zero attached hydrogens (tertiary/aromatic N) is 3. The molecular formula is C10H12N6OS. The molecule has 7 nitrogen and oxygen atoms in total. The molecular weight excluding hydrogens is 252 g/mol. The molecule has 1 amide bonds. The van der Waals surface area contributed by atoms with E-state index in [4.69, 9.17) is 5.84 Å². The number of nitrogens with two attached hydrogens (primary N) is 1. The van der Waals surface area contributed by atoms with E-state index in [0.29, 0.717) is 12.4 Å². The summed E-state index contributed by atoms with van der Waals surface area (Å²) in [6.07, 6.45) is 4.58. The smallest absolute Gasteiger partial charge is 0.271 e. The summed E-state index contributed by atoms with van der Waals surface area (Å²) >= 11 is 1.54. The number of thiazole rings is 1. The molecule has 0 aliphatic heterocycles. The van der Waals surface area contributed by atoms with Gasteiger partial charge in [-0.15, -0.1) is 11.3 Å². The van der Waals surface area contributed by atoms with E-state index in [2.05, 4.69) is 25.7 Å². The minimum absolute atomic E-state index is 0.207. The predicted molar refractivity (Wildman–Crippen MR) is 67.9 cm³/mol. The first kappa shape index (κ1) is 12.4. The standard InChI is InChI=1S/C10H12N6OS/c1-6-2-13-9(18-6)5-14-10(17)7-3-12-4-8(15-7)16-11/h2-4H,5,11H2,1H3,(H,14,17)(H,15,16). The van der Waals surface area contributed by atoms with Crippen molar-refractivity contribution in [3.05, 3.63) is 34.2 Å². The van der Waals surface area contributed by atoms with Crippen LogP contribution in [-0.4, -0.2) is 20.9 Å². The Morgan fingerprint density at radius 3 is 2.94 bits per heavy atom. The van der Waals surface area contributed by atoms with Gasteiger partial charge in [0.1, 0.15) is 10.7 Å². The molecule has 8 heteroatoms. The van der Waals surface area contributed by atoms with Gasteiger partial charge in [-0.2, -0.15) is 0 Å². The fourth-order valence-corrected chi connectivity index (χ4v) is 2.00. The third kappa shape index (κ3) is 2.99. The Balaban J connectivity index is 1.99. The Labute approximate surface area is 107 Å². The van der Waals surface area contributed by atoms with Crippen molar-refractivity contribution in [1.29, 1.82) is 0 Å². The van der Waals surface area contributed by atoms with Gasteiger partial charge in [-0.05, 0) is 6.92 Å². The second-order valence-corrected chi connectivity index (χ2v) is 4.80. The van der Waals surface area contributed by atoms with Crippen LogP contribution in [-0.2, 0) is 6.54 Å². The van der Waals surface area contributed by atoms with Gasteiger partial charge in [0.2, 0.25) is 0 Å². The fraction of sp³-hybridized carbons (Fsp3) is 0.200. The van der Waals surface area contributed by atoms with Gasteiger partial charge in [0.25, 0.3) is 5.91 Å². The SMILES string of the molecule is Cc1cnc(CNC(=O)c2cncc(NN)n2)s1. The van der Waals surface area contributed by atoms with Crippen LogP contribution in [0.2, 0.25) is 0 Å². The molecule has 0 unspecified atom stereocenters. The molecule has 0 saturated heterocycles. The Morgan fingerprint density at radius 2 is 2.28 bits per heavy atom. The summed E-state index contributed by atoms with van der Waals surface area (Å²) in [5.41, 5.74) is 2.54. The highest BCUT2D eigenvalue weighted by molar-refractivity contribution is 7.11. The van der Waals surface area contributed by atoms with E-state index in [1.807, 2.05) is 6.92 Å². The van der Waals surface area contributed by atoms with Crippen LogP contribution >= 0.6 is 11.3 Å². The predicted octanol–water partition coefficient (Wildman–Crippen LogP) is 0.457. The summed E-state index contributed by atoms with van der Waals surface area (Å²) in [7, 11) is 0. The summed E-state index contributed by atoms with van der Waals surface area (Å²) < 4.78 is 0. The van der Waals surface area contributed by atoms with E-state index in [1.54, 1.807) is 6.20 Å². The van der Waals surface area contributed by atoms with Gasteiger partial charge in [0.15, 0.2) is 5.82 Å². The molecule has 94 valence electrons. The quantitative estimate of drug-likeness (QED) is 0.547. The fourth-order valence-electron chi connectivity index (χ4n) is 1.27. The van der Waals surface area contributed by atoms with Crippen LogP contribution in [0.3, 0.4) is 0 Å². The highest BCUT2D eigenvalue weighted by atomic mass is 32.1.